The Hall–Kier alpha value is -1.90. The fourth-order valence-corrected chi connectivity index (χ4v) is 2.25. The number of thioether (sulfide) groups is 1. The van der Waals surface area contributed by atoms with Crippen LogP contribution in [0.3, 0.4) is 0 Å². The van der Waals surface area contributed by atoms with Crippen molar-refractivity contribution in [2.24, 2.45) is 0 Å². The highest BCUT2D eigenvalue weighted by Gasteiger charge is 2.03. The van der Waals surface area contributed by atoms with Crippen molar-refractivity contribution in [3.05, 3.63) is 53.7 Å². The average molecular weight is 288 g/mol. The van der Waals surface area contributed by atoms with E-state index in [0.29, 0.717) is 17.7 Å². The Balaban J connectivity index is 2.06. The van der Waals surface area contributed by atoms with Crippen LogP contribution in [-0.4, -0.2) is 21.7 Å². The van der Waals surface area contributed by atoms with Gasteiger partial charge >= 0.3 is 0 Å². The summed E-state index contributed by atoms with van der Waals surface area (Å²) in [6, 6.07) is 4.87. The summed E-state index contributed by atoms with van der Waals surface area (Å²) in [5.41, 5.74) is 1.33. The van der Waals surface area contributed by atoms with E-state index in [4.69, 9.17) is 5.11 Å². The number of aliphatic hydroxyl groups excluding tert-OH is 1. The monoisotopic (exact) mass is 288 g/mol. The minimum atomic E-state index is -0.344. The van der Waals surface area contributed by atoms with E-state index >= 15 is 0 Å². The third-order valence-electron chi connectivity index (χ3n) is 2.42. The van der Waals surface area contributed by atoms with Crippen LogP contribution in [0.4, 0.5) is 4.39 Å². The van der Waals surface area contributed by atoms with Crippen LogP contribution in [0.15, 0.2) is 41.8 Å². The number of benzene rings is 1. The first-order valence-corrected chi connectivity index (χ1v) is 7.05. The van der Waals surface area contributed by atoms with Crippen LogP contribution in [0.1, 0.15) is 17.5 Å². The van der Waals surface area contributed by atoms with Crippen molar-refractivity contribution in [2.75, 3.05) is 6.61 Å². The molecule has 102 valence electrons. The minimum Gasteiger partial charge on any atom is -0.395 e. The van der Waals surface area contributed by atoms with Crippen LogP contribution in [-0.2, 0) is 5.75 Å². The van der Waals surface area contributed by atoms with Crippen LogP contribution in [0, 0.1) is 17.7 Å². The average Bonchev–Trinajstić information content (AvgIpc) is 2.49. The van der Waals surface area contributed by atoms with Gasteiger partial charge in [-0.25, -0.2) is 9.37 Å². The van der Waals surface area contributed by atoms with E-state index in [0.717, 1.165) is 10.6 Å². The lowest BCUT2D eigenvalue weighted by molar-refractivity contribution is 0.305. The smallest absolute Gasteiger partial charge is 0.138 e. The zero-order chi connectivity index (χ0) is 14.2. The molecule has 3 nitrogen and oxygen atoms in total. The highest BCUT2D eigenvalue weighted by Crippen LogP contribution is 2.21. The topological polar surface area (TPSA) is 46.0 Å². The van der Waals surface area contributed by atoms with Crippen LogP contribution < -0.4 is 0 Å². The van der Waals surface area contributed by atoms with E-state index in [9.17, 15) is 4.39 Å². The van der Waals surface area contributed by atoms with Gasteiger partial charge in [0.1, 0.15) is 10.8 Å². The molecule has 1 aromatic carbocycles. The Labute approximate surface area is 121 Å². The predicted molar refractivity (Wildman–Crippen MR) is 76.6 cm³/mol. The molecule has 0 unspecified atom stereocenters. The van der Waals surface area contributed by atoms with Crippen molar-refractivity contribution < 1.29 is 9.50 Å². The zero-order valence-corrected chi connectivity index (χ0v) is 11.5. The first-order valence-electron chi connectivity index (χ1n) is 6.06. The summed E-state index contributed by atoms with van der Waals surface area (Å²) in [5.74, 6) is 5.78. The van der Waals surface area contributed by atoms with E-state index in [-0.39, 0.29) is 12.4 Å². The molecule has 0 spiro atoms. The highest BCUT2D eigenvalue weighted by molar-refractivity contribution is 7.98. The molecule has 0 aliphatic heterocycles. The summed E-state index contributed by atoms with van der Waals surface area (Å²) in [4.78, 5) is 8.15. The maximum atomic E-state index is 13.6. The van der Waals surface area contributed by atoms with E-state index in [1.807, 2.05) is 0 Å². The molecule has 20 heavy (non-hydrogen) atoms. The van der Waals surface area contributed by atoms with Crippen molar-refractivity contribution in [3.63, 3.8) is 0 Å². The maximum absolute atomic E-state index is 13.6. The Morgan fingerprint density at radius 1 is 1.30 bits per heavy atom. The lowest BCUT2D eigenvalue weighted by Gasteiger charge is -2.02. The van der Waals surface area contributed by atoms with Gasteiger partial charge in [0.15, 0.2) is 0 Å². The molecule has 5 heteroatoms. The summed E-state index contributed by atoms with van der Waals surface area (Å²) < 4.78 is 13.6. The second kappa shape index (κ2) is 7.63. The summed E-state index contributed by atoms with van der Waals surface area (Å²) in [6.07, 6.45) is 5.30. The Morgan fingerprint density at radius 2 is 2.20 bits per heavy atom. The number of rotatable bonds is 4. The molecule has 0 saturated carbocycles. The molecule has 2 aromatic rings. The Kier molecular flexibility index (Phi) is 5.54. The largest absolute Gasteiger partial charge is 0.395 e. The lowest BCUT2D eigenvalue weighted by Crippen LogP contribution is -1.89. The molecule has 2 rings (SSSR count). The summed E-state index contributed by atoms with van der Waals surface area (Å²) in [6.45, 7) is -0.0170. The van der Waals surface area contributed by atoms with E-state index in [1.165, 1.54) is 17.8 Å². The van der Waals surface area contributed by atoms with E-state index in [2.05, 4.69) is 21.8 Å². The molecule has 0 bridgehead atoms. The van der Waals surface area contributed by atoms with Crippen molar-refractivity contribution in [3.8, 4) is 11.8 Å². The molecule has 0 radical (unpaired) electrons. The zero-order valence-electron chi connectivity index (χ0n) is 10.7. The molecule has 1 heterocycles. The molecule has 0 atom stereocenters. The summed E-state index contributed by atoms with van der Waals surface area (Å²) in [7, 11) is 0. The van der Waals surface area contributed by atoms with Crippen LogP contribution in [0.5, 0.6) is 0 Å². The number of aliphatic hydroxyl groups is 1. The van der Waals surface area contributed by atoms with Crippen LogP contribution in [0.2, 0.25) is 0 Å². The normalized spacial score (nSPS) is 9.90. The van der Waals surface area contributed by atoms with Crippen molar-refractivity contribution in [1.29, 1.82) is 0 Å². The number of nitrogens with zero attached hydrogens (tertiary/aromatic N) is 2. The molecule has 0 aliphatic carbocycles. The number of aromatic nitrogens is 2. The third kappa shape index (κ3) is 4.34. The van der Waals surface area contributed by atoms with Crippen molar-refractivity contribution in [1.82, 2.24) is 9.97 Å². The van der Waals surface area contributed by atoms with Crippen LogP contribution >= 0.6 is 11.8 Å². The van der Waals surface area contributed by atoms with Crippen LogP contribution in [0.25, 0.3) is 0 Å². The van der Waals surface area contributed by atoms with Gasteiger partial charge in [-0.3, -0.25) is 4.98 Å². The van der Waals surface area contributed by atoms with Gasteiger partial charge in [0.05, 0.1) is 18.4 Å². The number of halogens is 1. The highest BCUT2D eigenvalue weighted by atomic mass is 32.2. The lowest BCUT2D eigenvalue weighted by atomic mass is 10.1. The minimum absolute atomic E-state index is 0.0170. The van der Waals surface area contributed by atoms with Gasteiger partial charge in [-0.1, -0.05) is 17.9 Å². The first-order chi connectivity index (χ1) is 9.79. The molecular weight excluding hydrogens is 275 g/mol. The number of hydrogen-bond donors (Lipinski definition) is 1. The second-order valence-corrected chi connectivity index (χ2v) is 4.92. The molecule has 0 fully saturated rings. The van der Waals surface area contributed by atoms with Crippen molar-refractivity contribution in [2.45, 2.75) is 17.2 Å². The molecule has 1 N–H and O–H groups in total. The standard InChI is InChI=1S/C15H13FN2OS/c16-14-5-4-12(9-13(14)3-1-2-8-19)11-20-15-10-17-6-7-18-15/h4-7,9-10,19H,2,8,11H2. The van der Waals surface area contributed by atoms with Gasteiger partial charge in [-0.2, -0.15) is 0 Å². The Morgan fingerprint density at radius 3 is 2.95 bits per heavy atom. The van der Waals surface area contributed by atoms with Gasteiger partial charge in [-0.05, 0) is 17.7 Å². The van der Waals surface area contributed by atoms with E-state index < -0.39 is 0 Å². The number of hydrogen-bond acceptors (Lipinski definition) is 4. The fourth-order valence-electron chi connectivity index (χ4n) is 1.49. The molecule has 1 aromatic heterocycles. The van der Waals surface area contributed by atoms with Crippen molar-refractivity contribution >= 4 is 11.8 Å². The first kappa shape index (κ1) is 14.5. The maximum Gasteiger partial charge on any atom is 0.138 e. The van der Waals surface area contributed by atoms with Gasteiger partial charge < -0.3 is 5.11 Å². The SMILES string of the molecule is OCCC#Cc1cc(CSc2cnccn2)ccc1F. The van der Waals surface area contributed by atoms with Gasteiger partial charge in [-0.15, -0.1) is 11.8 Å². The third-order valence-corrected chi connectivity index (χ3v) is 3.40. The molecule has 0 amide bonds. The second-order valence-electron chi connectivity index (χ2n) is 3.92. The fraction of sp³-hybridized carbons (Fsp3) is 0.200. The predicted octanol–water partition coefficient (Wildman–Crippen LogP) is 2.64. The van der Waals surface area contributed by atoms with E-state index in [1.54, 1.807) is 30.7 Å². The Bertz CT molecular complexity index is 623. The van der Waals surface area contributed by atoms with Gasteiger partial charge in [0, 0.05) is 24.6 Å². The van der Waals surface area contributed by atoms with Gasteiger partial charge in [0.2, 0.25) is 0 Å². The molecular formula is C15H13FN2OS. The molecule has 0 aliphatic rings. The van der Waals surface area contributed by atoms with Gasteiger partial charge in [0.25, 0.3) is 0 Å². The quantitative estimate of drug-likeness (QED) is 0.694. The summed E-state index contributed by atoms with van der Waals surface area (Å²) >= 11 is 1.53. The molecule has 0 saturated heterocycles. The summed E-state index contributed by atoms with van der Waals surface area (Å²) in [5, 5.41) is 9.49.